The number of rotatable bonds is 5. The van der Waals surface area contributed by atoms with E-state index in [1.54, 1.807) is 0 Å². The van der Waals surface area contributed by atoms with Crippen LogP contribution in [0.15, 0.2) is 31.0 Å². The van der Waals surface area contributed by atoms with Crippen LogP contribution in [0.1, 0.15) is 49.8 Å². The molecule has 0 spiro atoms. The third-order valence-electron chi connectivity index (χ3n) is 3.21. The van der Waals surface area contributed by atoms with E-state index in [4.69, 9.17) is 0 Å². The number of aromatic nitrogens is 3. The molecule has 2 aromatic rings. The molecule has 2 aromatic heterocycles. The van der Waals surface area contributed by atoms with Crippen molar-refractivity contribution >= 4 is 5.78 Å². The molecule has 2 rings (SSSR count). The molecule has 4 nitrogen and oxygen atoms in total. The second-order valence-corrected chi connectivity index (χ2v) is 5.48. The summed E-state index contributed by atoms with van der Waals surface area (Å²) in [6, 6.07) is 2.28. The minimum Gasteiger partial charge on any atom is -0.348 e. The molecule has 102 valence electrons. The molecule has 0 aliphatic rings. The Hall–Kier alpha value is -1.84. The van der Waals surface area contributed by atoms with Gasteiger partial charge in [0.2, 0.25) is 0 Å². The maximum absolute atomic E-state index is 11.9. The minimum absolute atomic E-state index is 0.0389. The quantitative estimate of drug-likeness (QED) is 0.774. The molecule has 2 heterocycles. The summed E-state index contributed by atoms with van der Waals surface area (Å²) in [6.07, 6.45) is 7.60. The van der Waals surface area contributed by atoms with Crippen molar-refractivity contribution < 1.29 is 4.79 Å². The highest BCUT2D eigenvalue weighted by molar-refractivity contribution is 5.97. The minimum atomic E-state index is 0.0389. The summed E-state index contributed by atoms with van der Waals surface area (Å²) in [5, 5.41) is 0. The van der Waals surface area contributed by atoms with E-state index < -0.39 is 0 Å². The zero-order valence-corrected chi connectivity index (χ0v) is 12.0. The summed E-state index contributed by atoms with van der Waals surface area (Å²) in [5.74, 6) is 0.230. The van der Waals surface area contributed by atoms with Gasteiger partial charge in [0.1, 0.15) is 0 Å². The van der Waals surface area contributed by atoms with E-state index >= 15 is 0 Å². The van der Waals surface area contributed by atoms with Gasteiger partial charge in [-0.05, 0) is 19.9 Å². The average Bonchev–Trinajstić information content (AvgIpc) is 2.97. The molecule has 0 bridgehead atoms. The number of imidazole rings is 1. The topological polar surface area (TPSA) is 39.8 Å². The number of ketones is 1. The van der Waals surface area contributed by atoms with Crippen LogP contribution < -0.4 is 0 Å². The molecular weight excluding hydrogens is 238 g/mol. The van der Waals surface area contributed by atoms with E-state index in [-0.39, 0.29) is 11.7 Å². The fraction of sp³-hybridized carbons (Fsp3) is 0.467. The number of hydrogen-bond acceptors (Lipinski definition) is 2. The lowest BCUT2D eigenvalue weighted by Gasteiger charge is -2.12. The first kappa shape index (κ1) is 13.6. The van der Waals surface area contributed by atoms with Crippen molar-refractivity contribution in [3.63, 3.8) is 0 Å². The van der Waals surface area contributed by atoms with Crippen LogP contribution in [0, 0.1) is 5.92 Å². The second kappa shape index (κ2) is 5.43. The van der Waals surface area contributed by atoms with Gasteiger partial charge in [-0.15, -0.1) is 0 Å². The van der Waals surface area contributed by atoms with Crippen LogP contribution in [-0.4, -0.2) is 19.9 Å². The van der Waals surface area contributed by atoms with Crippen molar-refractivity contribution in [2.45, 2.75) is 40.3 Å². The normalized spacial score (nSPS) is 11.5. The maximum Gasteiger partial charge on any atom is 0.166 e. The largest absolute Gasteiger partial charge is 0.348 e. The number of hydrogen-bond donors (Lipinski definition) is 0. The van der Waals surface area contributed by atoms with Crippen molar-refractivity contribution in [1.82, 2.24) is 14.1 Å². The van der Waals surface area contributed by atoms with E-state index in [1.807, 2.05) is 49.4 Å². The van der Waals surface area contributed by atoms with Gasteiger partial charge in [0.15, 0.2) is 5.78 Å². The van der Waals surface area contributed by atoms with Gasteiger partial charge in [-0.3, -0.25) is 4.79 Å². The van der Waals surface area contributed by atoms with E-state index in [0.29, 0.717) is 6.04 Å². The SMILES string of the molecule is CC(C)C(=O)c1ccn(Cc2cncn2C(C)C)c1. The van der Waals surface area contributed by atoms with Crippen LogP contribution in [0.3, 0.4) is 0 Å². The van der Waals surface area contributed by atoms with Crippen LogP contribution in [0.5, 0.6) is 0 Å². The summed E-state index contributed by atoms with van der Waals surface area (Å²) in [5.41, 5.74) is 1.93. The zero-order chi connectivity index (χ0) is 14.0. The zero-order valence-electron chi connectivity index (χ0n) is 12.0. The smallest absolute Gasteiger partial charge is 0.166 e. The Bertz CT molecular complexity index is 563. The van der Waals surface area contributed by atoms with Gasteiger partial charge in [0.05, 0.1) is 18.6 Å². The Labute approximate surface area is 114 Å². The third-order valence-corrected chi connectivity index (χ3v) is 3.21. The predicted molar refractivity (Wildman–Crippen MR) is 75.3 cm³/mol. The third kappa shape index (κ3) is 2.95. The summed E-state index contributed by atoms with van der Waals surface area (Å²) in [4.78, 5) is 16.1. The van der Waals surface area contributed by atoms with Crippen LogP contribution in [0.25, 0.3) is 0 Å². The molecule has 0 aliphatic carbocycles. The molecule has 0 saturated carbocycles. The maximum atomic E-state index is 11.9. The molecule has 0 amide bonds. The Kier molecular flexibility index (Phi) is 3.88. The molecule has 0 fully saturated rings. The number of Topliss-reactive ketones (excluding diaryl/α,β-unsaturated/α-hetero) is 1. The van der Waals surface area contributed by atoms with Gasteiger partial charge in [-0.2, -0.15) is 0 Å². The predicted octanol–water partition coefficient (Wildman–Crippen LogP) is 3.15. The molecule has 0 aliphatic heterocycles. The van der Waals surface area contributed by atoms with Crippen LogP contribution in [0.4, 0.5) is 0 Å². The van der Waals surface area contributed by atoms with Crippen molar-refractivity contribution in [3.8, 4) is 0 Å². The van der Waals surface area contributed by atoms with Crippen molar-refractivity contribution in [1.29, 1.82) is 0 Å². The van der Waals surface area contributed by atoms with Crippen molar-refractivity contribution in [3.05, 3.63) is 42.2 Å². The molecule has 19 heavy (non-hydrogen) atoms. The monoisotopic (exact) mass is 259 g/mol. The lowest BCUT2D eigenvalue weighted by Crippen LogP contribution is -2.08. The van der Waals surface area contributed by atoms with Crippen LogP contribution >= 0.6 is 0 Å². The lowest BCUT2D eigenvalue weighted by atomic mass is 10.0. The van der Waals surface area contributed by atoms with Crippen molar-refractivity contribution in [2.24, 2.45) is 5.92 Å². The van der Waals surface area contributed by atoms with Gasteiger partial charge in [-0.1, -0.05) is 13.8 Å². The molecule has 0 aromatic carbocycles. The summed E-state index contributed by atoms with van der Waals surface area (Å²) in [7, 11) is 0. The number of nitrogens with zero attached hydrogens (tertiary/aromatic N) is 3. The average molecular weight is 259 g/mol. The molecule has 0 N–H and O–H groups in total. The lowest BCUT2D eigenvalue weighted by molar-refractivity contribution is 0.0939. The molecule has 0 saturated heterocycles. The van der Waals surface area contributed by atoms with Crippen LogP contribution in [0.2, 0.25) is 0 Å². The summed E-state index contributed by atoms with van der Waals surface area (Å²) >= 11 is 0. The standard InChI is InChI=1S/C15H21N3O/c1-11(2)15(19)13-5-6-17(8-13)9-14-7-16-10-18(14)12(3)4/h5-8,10-12H,9H2,1-4H3. The van der Waals surface area contributed by atoms with Crippen molar-refractivity contribution in [2.75, 3.05) is 0 Å². The van der Waals surface area contributed by atoms with Crippen LogP contribution in [-0.2, 0) is 6.54 Å². The Balaban J connectivity index is 2.16. The number of carbonyl (C=O) groups is 1. The van der Waals surface area contributed by atoms with E-state index in [9.17, 15) is 4.79 Å². The highest BCUT2D eigenvalue weighted by Gasteiger charge is 2.12. The van der Waals surface area contributed by atoms with Gasteiger partial charge in [0, 0.05) is 36.1 Å². The highest BCUT2D eigenvalue weighted by atomic mass is 16.1. The van der Waals surface area contributed by atoms with E-state index in [0.717, 1.165) is 17.8 Å². The fourth-order valence-corrected chi connectivity index (χ4v) is 2.12. The Morgan fingerprint density at radius 1 is 1.32 bits per heavy atom. The molecule has 4 heteroatoms. The summed E-state index contributed by atoms with van der Waals surface area (Å²) in [6.45, 7) is 8.85. The first-order chi connectivity index (χ1) is 8.99. The number of carbonyl (C=O) groups excluding carboxylic acids is 1. The van der Waals surface area contributed by atoms with Gasteiger partial charge in [-0.25, -0.2) is 4.98 Å². The van der Waals surface area contributed by atoms with Gasteiger partial charge < -0.3 is 9.13 Å². The Morgan fingerprint density at radius 2 is 2.05 bits per heavy atom. The fourth-order valence-electron chi connectivity index (χ4n) is 2.12. The molecule has 0 unspecified atom stereocenters. The highest BCUT2D eigenvalue weighted by Crippen LogP contribution is 2.13. The van der Waals surface area contributed by atoms with Gasteiger partial charge >= 0.3 is 0 Å². The Morgan fingerprint density at radius 3 is 2.68 bits per heavy atom. The molecule has 0 atom stereocenters. The molecule has 0 radical (unpaired) electrons. The summed E-state index contributed by atoms with van der Waals surface area (Å²) < 4.78 is 4.18. The van der Waals surface area contributed by atoms with E-state index in [2.05, 4.69) is 23.4 Å². The molecular formula is C15H21N3O. The first-order valence-corrected chi connectivity index (χ1v) is 6.69. The second-order valence-electron chi connectivity index (χ2n) is 5.48. The van der Waals surface area contributed by atoms with Gasteiger partial charge in [0.25, 0.3) is 0 Å². The van der Waals surface area contributed by atoms with E-state index in [1.165, 1.54) is 0 Å². The first-order valence-electron chi connectivity index (χ1n) is 6.69.